The summed E-state index contributed by atoms with van der Waals surface area (Å²) in [4.78, 5) is 12.1. The van der Waals surface area contributed by atoms with E-state index in [1.165, 1.54) is 12.1 Å². The molecule has 4 nitrogen and oxygen atoms in total. The Kier molecular flexibility index (Phi) is 6.66. The zero-order valence-electron chi connectivity index (χ0n) is 13.8. The molecule has 0 saturated heterocycles. The van der Waals surface area contributed by atoms with E-state index in [9.17, 15) is 23.1 Å². The van der Waals surface area contributed by atoms with Crippen molar-refractivity contribution in [2.75, 3.05) is 13.2 Å². The molecule has 140 valence electrons. The van der Waals surface area contributed by atoms with E-state index in [-0.39, 0.29) is 24.8 Å². The first-order valence-electron chi connectivity index (χ1n) is 7.69. The Labute approximate surface area is 157 Å². The lowest BCUT2D eigenvalue weighted by Crippen LogP contribution is -2.35. The standard InChI is InChI=1S/C18H17BrF3NO3/c1-11-8-13(19)4-7-16(11)17(25)23-9-14(24)10-26-15-5-2-12(3-6-15)18(20,21)22/h2-8,14,24H,9-10H2,1H3,(H,23,25). The highest BCUT2D eigenvalue weighted by Crippen LogP contribution is 2.30. The zero-order chi connectivity index (χ0) is 19.3. The average Bonchev–Trinajstić information content (AvgIpc) is 2.57. The maximum Gasteiger partial charge on any atom is 0.416 e. The van der Waals surface area contributed by atoms with Crippen LogP contribution < -0.4 is 10.1 Å². The summed E-state index contributed by atoms with van der Waals surface area (Å²) in [6.07, 6.45) is -5.41. The Morgan fingerprint density at radius 1 is 1.23 bits per heavy atom. The highest BCUT2D eigenvalue weighted by molar-refractivity contribution is 9.10. The minimum Gasteiger partial charge on any atom is -0.491 e. The third kappa shape index (κ3) is 5.74. The Hall–Kier alpha value is -2.06. The van der Waals surface area contributed by atoms with Crippen molar-refractivity contribution in [3.63, 3.8) is 0 Å². The van der Waals surface area contributed by atoms with Gasteiger partial charge in [0.2, 0.25) is 0 Å². The van der Waals surface area contributed by atoms with Crippen LogP contribution in [0, 0.1) is 6.92 Å². The summed E-state index contributed by atoms with van der Waals surface area (Å²) in [6, 6.07) is 9.38. The van der Waals surface area contributed by atoms with Crippen molar-refractivity contribution in [2.24, 2.45) is 0 Å². The van der Waals surface area contributed by atoms with Crippen molar-refractivity contribution in [1.29, 1.82) is 0 Å². The first kappa shape index (κ1) is 20.3. The largest absolute Gasteiger partial charge is 0.491 e. The second-order valence-corrected chi connectivity index (χ2v) is 6.57. The molecule has 2 rings (SSSR count). The monoisotopic (exact) mass is 431 g/mol. The van der Waals surface area contributed by atoms with Gasteiger partial charge in [-0.25, -0.2) is 0 Å². The van der Waals surface area contributed by atoms with E-state index in [0.717, 1.165) is 22.2 Å². The number of hydrogen-bond acceptors (Lipinski definition) is 3. The summed E-state index contributed by atoms with van der Waals surface area (Å²) in [7, 11) is 0. The molecule has 2 aromatic rings. The maximum atomic E-state index is 12.5. The van der Waals surface area contributed by atoms with E-state index < -0.39 is 17.8 Å². The molecule has 1 unspecified atom stereocenters. The number of carbonyl (C=O) groups excluding carboxylic acids is 1. The number of amides is 1. The molecule has 26 heavy (non-hydrogen) atoms. The quantitative estimate of drug-likeness (QED) is 0.727. The number of aliphatic hydroxyl groups excluding tert-OH is 1. The van der Waals surface area contributed by atoms with E-state index in [1.807, 2.05) is 0 Å². The minimum atomic E-state index is -4.41. The fourth-order valence-corrected chi connectivity index (χ4v) is 2.65. The van der Waals surface area contributed by atoms with Crippen molar-refractivity contribution < 1.29 is 27.8 Å². The van der Waals surface area contributed by atoms with Gasteiger partial charge in [0.25, 0.3) is 5.91 Å². The lowest BCUT2D eigenvalue weighted by atomic mass is 10.1. The molecule has 0 aromatic heterocycles. The normalized spacial score (nSPS) is 12.5. The number of nitrogens with one attached hydrogen (secondary N) is 1. The second-order valence-electron chi connectivity index (χ2n) is 5.66. The van der Waals surface area contributed by atoms with Crippen LogP contribution in [0.25, 0.3) is 0 Å². The van der Waals surface area contributed by atoms with E-state index in [4.69, 9.17) is 4.74 Å². The van der Waals surface area contributed by atoms with E-state index in [2.05, 4.69) is 21.2 Å². The summed E-state index contributed by atoms with van der Waals surface area (Å²) in [5.74, 6) is -0.129. The van der Waals surface area contributed by atoms with Crippen LogP contribution in [-0.2, 0) is 6.18 Å². The van der Waals surface area contributed by atoms with Gasteiger partial charge in [-0.05, 0) is 55.0 Å². The number of alkyl halides is 3. The van der Waals surface area contributed by atoms with Crippen molar-refractivity contribution in [3.05, 3.63) is 63.6 Å². The molecule has 2 aromatic carbocycles. The van der Waals surface area contributed by atoms with Crippen LogP contribution in [0.1, 0.15) is 21.5 Å². The smallest absolute Gasteiger partial charge is 0.416 e. The van der Waals surface area contributed by atoms with Crippen molar-refractivity contribution >= 4 is 21.8 Å². The Morgan fingerprint density at radius 3 is 2.46 bits per heavy atom. The molecule has 0 fully saturated rings. The summed E-state index contributed by atoms with van der Waals surface area (Å²) >= 11 is 3.31. The van der Waals surface area contributed by atoms with Crippen molar-refractivity contribution in [3.8, 4) is 5.75 Å². The molecular formula is C18H17BrF3NO3. The van der Waals surface area contributed by atoms with Gasteiger partial charge < -0.3 is 15.2 Å². The molecular weight excluding hydrogens is 415 g/mol. The van der Waals surface area contributed by atoms with Crippen molar-refractivity contribution in [2.45, 2.75) is 19.2 Å². The number of hydrogen-bond donors (Lipinski definition) is 2. The molecule has 0 spiro atoms. The minimum absolute atomic E-state index is 0.0467. The van der Waals surface area contributed by atoms with Gasteiger partial charge >= 0.3 is 6.18 Å². The van der Waals surface area contributed by atoms with Crippen LogP contribution in [-0.4, -0.2) is 30.3 Å². The lowest BCUT2D eigenvalue weighted by Gasteiger charge is -2.14. The van der Waals surface area contributed by atoms with E-state index in [0.29, 0.717) is 5.56 Å². The average molecular weight is 432 g/mol. The van der Waals surface area contributed by atoms with Crippen LogP contribution in [0.4, 0.5) is 13.2 Å². The van der Waals surface area contributed by atoms with Gasteiger partial charge in [-0.2, -0.15) is 13.2 Å². The molecule has 2 N–H and O–H groups in total. The molecule has 1 atom stereocenters. The second kappa shape index (κ2) is 8.55. The summed E-state index contributed by atoms with van der Waals surface area (Å²) < 4.78 is 43.5. The highest BCUT2D eigenvalue weighted by atomic mass is 79.9. The predicted octanol–water partition coefficient (Wildman–Crippen LogP) is 3.95. The number of aliphatic hydroxyl groups is 1. The van der Waals surface area contributed by atoms with Gasteiger partial charge in [-0.1, -0.05) is 15.9 Å². The highest BCUT2D eigenvalue weighted by Gasteiger charge is 2.30. The fourth-order valence-electron chi connectivity index (χ4n) is 2.18. The summed E-state index contributed by atoms with van der Waals surface area (Å²) in [5, 5.41) is 12.5. The fraction of sp³-hybridized carbons (Fsp3) is 0.278. The van der Waals surface area contributed by atoms with E-state index in [1.54, 1.807) is 25.1 Å². The topological polar surface area (TPSA) is 58.6 Å². The number of benzene rings is 2. The van der Waals surface area contributed by atoms with Crippen LogP contribution in [0.2, 0.25) is 0 Å². The molecule has 0 heterocycles. The number of halogens is 4. The molecule has 8 heteroatoms. The number of ether oxygens (including phenoxy) is 1. The molecule has 0 aliphatic rings. The molecule has 0 bridgehead atoms. The van der Waals surface area contributed by atoms with Crippen LogP contribution in [0.3, 0.4) is 0 Å². The summed E-state index contributed by atoms with van der Waals surface area (Å²) in [5.41, 5.74) is 0.499. The zero-order valence-corrected chi connectivity index (χ0v) is 15.4. The van der Waals surface area contributed by atoms with Gasteiger partial charge in [-0.3, -0.25) is 4.79 Å². The Morgan fingerprint density at radius 2 is 1.88 bits per heavy atom. The maximum absolute atomic E-state index is 12.5. The predicted molar refractivity (Wildman–Crippen MR) is 94.2 cm³/mol. The lowest BCUT2D eigenvalue weighted by molar-refractivity contribution is -0.137. The molecule has 0 aliphatic heterocycles. The number of carbonyl (C=O) groups is 1. The third-order valence-corrected chi connectivity index (χ3v) is 4.05. The van der Waals surface area contributed by atoms with E-state index >= 15 is 0 Å². The van der Waals surface area contributed by atoms with Crippen LogP contribution >= 0.6 is 15.9 Å². The van der Waals surface area contributed by atoms with Gasteiger partial charge in [-0.15, -0.1) is 0 Å². The first-order valence-corrected chi connectivity index (χ1v) is 8.48. The third-order valence-electron chi connectivity index (χ3n) is 3.56. The van der Waals surface area contributed by atoms with Gasteiger partial charge in [0.1, 0.15) is 18.5 Å². The Bertz CT molecular complexity index is 763. The van der Waals surface area contributed by atoms with Crippen LogP contribution in [0.15, 0.2) is 46.9 Å². The van der Waals surface area contributed by atoms with Crippen LogP contribution in [0.5, 0.6) is 5.75 Å². The van der Waals surface area contributed by atoms with Gasteiger partial charge in [0.05, 0.1) is 5.56 Å². The molecule has 0 radical (unpaired) electrons. The SMILES string of the molecule is Cc1cc(Br)ccc1C(=O)NCC(O)COc1ccc(C(F)(F)F)cc1. The molecule has 0 aliphatic carbocycles. The number of aryl methyl sites for hydroxylation is 1. The Balaban J connectivity index is 1.81. The number of rotatable bonds is 6. The summed E-state index contributed by atoms with van der Waals surface area (Å²) in [6.45, 7) is 1.59. The first-order chi connectivity index (χ1) is 12.2. The van der Waals surface area contributed by atoms with Crippen molar-refractivity contribution in [1.82, 2.24) is 5.32 Å². The molecule has 0 saturated carbocycles. The van der Waals surface area contributed by atoms with Gasteiger partial charge in [0, 0.05) is 16.6 Å². The molecule has 1 amide bonds. The van der Waals surface area contributed by atoms with Gasteiger partial charge in [0.15, 0.2) is 0 Å².